The second-order valence-corrected chi connectivity index (χ2v) is 6.03. The number of amides is 3. The minimum atomic E-state index is -0.336. The van der Waals surface area contributed by atoms with Crippen LogP contribution in [0, 0.1) is 5.92 Å². The predicted octanol–water partition coefficient (Wildman–Crippen LogP) is 1.34. The third-order valence-corrected chi connectivity index (χ3v) is 3.94. The number of nitrogens with one attached hydrogen (secondary N) is 3. The average Bonchev–Trinajstić information content (AvgIpc) is 2.93. The summed E-state index contributed by atoms with van der Waals surface area (Å²) in [6.45, 7) is 4.91. The Bertz CT molecular complexity index is 728. The molecule has 0 saturated carbocycles. The zero-order valence-electron chi connectivity index (χ0n) is 13.2. The number of carbonyl (C=O) groups excluding carboxylic acids is 2. The first-order chi connectivity index (χ1) is 11.0. The van der Waals surface area contributed by atoms with Crippen LogP contribution in [0.4, 0.5) is 10.6 Å². The zero-order valence-corrected chi connectivity index (χ0v) is 13.2. The third-order valence-electron chi connectivity index (χ3n) is 3.94. The van der Waals surface area contributed by atoms with Crippen molar-refractivity contribution >= 4 is 28.9 Å². The van der Waals surface area contributed by atoms with E-state index in [1.165, 1.54) is 6.20 Å². The summed E-state index contributed by atoms with van der Waals surface area (Å²) in [5.74, 6) is 0.781. The zero-order chi connectivity index (χ0) is 16.4. The Labute approximate surface area is 133 Å². The molecule has 2 aromatic rings. The summed E-state index contributed by atoms with van der Waals surface area (Å²) in [6.07, 6.45) is 4.10. The van der Waals surface area contributed by atoms with Gasteiger partial charge in [-0.25, -0.2) is 14.8 Å². The fourth-order valence-electron chi connectivity index (χ4n) is 2.94. The molecule has 3 rings (SSSR count). The second-order valence-electron chi connectivity index (χ2n) is 6.03. The van der Waals surface area contributed by atoms with Crippen LogP contribution < -0.4 is 10.6 Å². The number of hydrogen-bond donors (Lipinski definition) is 3. The van der Waals surface area contributed by atoms with Gasteiger partial charge in [0.05, 0.1) is 6.20 Å². The number of likely N-dealkylation sites (tertiary alicyclic amines) is 1. The molecular weight excluding hydrogens is 296 g/mol. The molecule has 1 fully saturated rings. The topological polar surface area (TPSA) is 103 Å². The quantitative estimate of drug-likeness (QED) is 0.777. The van der Waals surface area contributed by atoms with Gasteiger partial charge in [0, 0.05) is 32.3 Å². The van der Waals surface area contributed by atoms with Gasteiger partial charge < -0.3 is 15.2 Å². The highest BCUT2D eigenvalue weighted by molar-refractivity contribution is 5.89. The number of anilines is 1. The molecule has 2 atom stereocenters. The molecule has 3 amide bonds. The van der Waals surface area contributed by atoms with Crippen molar-refractivity contribution in [2.75, 3.05) is 18.4 Å². The Morgan fingerprint density at radius 3 is 3.00 bits per heavy atom. The van der Waals surface area contributed by atoms with Gasteiger partial charge in [-0.3, -0.25) is 10.1 Å². The van der Waals surface area contributed by atoms with Crippen molar-refractivity contribution in [2.24, 2.45) is 5.92 Å². The molecule has 0 aromatic carbocycles. The van der Waals surface area contributed by atoms with Gasteiger partial charge in [-0.2, -0.15) is 0 Å². The number of carbonyl (C=O) groups is 2. The van der Waals surface area contributed by atoms with E-state index in [1.54, 1.807) is 24.1 Å². The lowest BCUT2D eigenvalue weighted by molar-refractivity contribution is -0.130. The lowest BCUT2D eigenvalue weighted by atomic mass is 9.96. The highest BCUT2D eigenvalue weighted by atomic mass is 16.2. The van der Waals surface area contributed by atoms with E-state index in [0.29, 0.717) is 29.4 Å². The van der Waals surface area contributed by atoms with Crippen molar-refractivity contribution < 1.29 is 9.59 Å². The molecule has 2 aromatic heterocycles. The molecule has 8 heteroatoms. The molecule has 1 aliphatic heterocycles. The lowest BCUT2D eigenvalue weighted by Gasteiger charge is -2.36. The Morgan fingerprint density at radius 1 is 1.39 bits per heavy atom. The summed E-state index contributed by atoms with van der Waals surface area (Å²) in [4.78, 5) is 36.9. The Morgan fingerprint density at radius 2 is 2.22 bits per heavy atom. The third kappa shape index (κ3) is 3.58. The van der Waals surface area contributed by atoms with Gasteiger partial charge in [-0.1, -0.05) is 6.92 Å². The molecule has 0 bridgehead atoms. The normalized spacial score (nSPS) is 21.2. The molecule has 23 heavy (non-hydrogen) atoms. The van der Waals surface area contributed by atoms with E-state index in [1.807, 2.05) is 0 Å². The van der Waals surface area contributed by atoms with Gasteiger partial charge in [0.15, 0.2) is 11.5 Å². The minimum absolute atomic E-state index is 0.0348. The van der Waals surface area contributed by atoms with E-state index in [9.17, 15) is 9.59 Å². The largest absolute Gasteiger partial charge is 0.345 e. The van der Waals surface area contributed by atoms with Crippen LogP contribution in [0.1, 0.15) is 20.3 Å². The second kappa shape index (κ2) is 6.23. The van der Waals surface area contributed by atoms with Gasteiger partial charge in [-0.05, 0) is 18.4 Å². The van der Waals surface area contributed by atoms with E-state index in [2.05, 4.69) is 32.5 Å². The van der Waals surface area contributed by atoms with Crippen LogP contribution in [0.3, 0.4) is 0 Å². The van der Waals surface area contributed by atoms with Crippen LogP contribution in [-0.4, -0.2) is 50.9 Å². The van der Waals surface area contributed by atoms with Gasteiger partial charge >= 0.3 is 6.03 Å². The van der Waals surface area contributed by atoms with Gasteiger partial charge in [-0.15, -0.1) is 0 Å². The number of H-pyrrole nitrogens is 1. The molecule has 1 aliphatic rings. The van der Waals surface area contributed by atoms with Crippen molar-refractivity contribution in [3.8, 4) is 0 Å². The lowest BCUT2D eigenvalue weighted by Crippen LogP contribution is -2.52. The van der Waals surface area contributed by atoms with Crippen LogP contribution in [0.25, 0.3) is 11.2 Å². The molecule has 0 spiro atoms. The first-order valence-corrected chi connectivity index (χ1v) is 7.64. The molecule has 2 unspecified atom stereocenters. The van der Waals surface area contributed by atoms with Gasteiger partial charge in [0.25, 0.3) is 0 Å². The molecular formula is C15H20N6O2. The molecule has 3 N–H and O–H groups in total. The van der Waals surface area contributed by atoms with Crippen LogP contribution in [-0.2, 0) is 4.79 Å². The van der Waals surface area contributed by atoms with E-state index in [4.69, 9.17) is 0 Å². The SMILES string of the molecule is CC(=O)N1CC(C)CC(NC(=O)Nc2cnc3[nH]ccc3n2)C1. The molecule has 0 aliphatic carbocycles. The fourth-order valence-corrected chi connectivity index (χ4v) is 2.94. The smallest absolute Gasteiger partial charge is 0.320 e. The summed E-state index contributed by atoms with van der Waals surface area (Å²) < 4.78 is 0. The highest BCUT2D eigenvalue weighted by Gasteiger charge is 2.27. The maximum Gasteiger partial charge on any atom is 0.320 e. The van der Waals surface area contributed by atoms with Crippen molar-refractivity contribution in [3.63, 3.8) is 0 Å². The van der Waals surface area contributed by atoms with E-state index >= 15 is 0 Å². The summed E-state index contributed by atoms with van der Waals surface area (Å²) >= 11 is 0. The number of urea groups is 1. The standard InChI is InChI=1S/C15H20N6O2/c1-9-5-11(8-21(7-9)10(2)22)18-15(23)20-13-6-17-14-12(19-13)3-4-16-14/h3-4,6,9,11H,5,7-8H2,1-2H3,(H,16,17)(H2,18,19,20,23). The van der Waals surface area contributed by atoms with Crippen molar-refractivity contribution in [1.29, 1.82) is 0 Å². The molecule has 122 valence electrons. The number of hydrogen-bond acceptors (Lipinski definition) is 4. The maximum absolute atomic E-state index is 12.1. The van der Waals surface area contributed by atoms with E-state index in [0.717, 1.165) is 13.0 Å². The Kier molecular flexibility index (Phi) is 4.14. The maximum atomic E-state index is 12.1. The minimum Gasteiger partial charge on any atom is -0.345 e. The first-order valence-electron chi connectivity index (χ1n) is 7.64. The van der Waals surface area contributed by atoms with Crippen LogP contribution in [0.5, 0.6) is 0 Å². The number of nitrogens with zero attached hydrogens (tertiary/aromatic N) is 3. The summed E-state index contributed by atoms with van der Waals surface area (Å²) in [5.41, 5.74) is 1.37. The predicted molar refractivity (Wildman–Crippen MR) is 85.9 cm³/mol. The van der Waals surface area contributed by atoms with Crippen molar-refractivity contribution in [3.05, 3.63) is 18.5 Å². The van der Waals surface area contributed by atoms with Crippen LogP contribution in [0.15, 0.2) is 18.5 Å². The van der Waals surface area contributed by atoms with Gasteiger partial charge in [0.1, 0.15) is 5.52 Å². The number of piperidine rings is 1. The highest BCUT2D eigenvalue weighted by Crippen LogP contribution is 2.17. The first kappa shape index (κ1) is 15.3. The number of fused-ring (bicyclic) bond motifs is 1. The molecule has 1 saturated heterocycles. The van der Waals surface area contributed by atoms with Gasteiger partial charge in [0.2, 0.25) is 5.91 Å². The number of rotatable bonds is 2. The molecule has 3 heterocycles. The van der Waals surface area contributed by atoms with Crippen molar-refractivity contribution in [1.82, 2.24) is 25.2 Å². The Hall–Kier alpha value is -2.64. The van der Waals surface area contributed by atoms with Crippen molar-refractivity contribution in [2.45, 2.75) is 26.3 Å². The number of aromatic nitrogens is 3. The Balaban J connectivity index is 1.61. The van der Waals surface area contributed by atoms with Crippen LogP contribution in [0.2, 0.25) is 0 Å². The molecule has 8 nitrogen and oxygen atoms in total. The fraction of sp³-hybridized carbons (Fsp3) is 0.467. The molecule has 0 radical (unpaired) electrons. The summed E-state index contributed by atoms with van der Waals surface area (Å²) in [5, 5.41) is 5.59. The monoisotopic (exact) mass is 316 g/mol. The van der Waals surface area contributed by atoms with Crippen LogP contribution >= 0.6 is 0 Å². The summed E-state index contributed by atoms with van der Waals surface area (Å²) in [6, 6.07) is 1.39. The van der Waals surface area contributed by atoms with E-state index in [-0.39, 0.29) is 18.0 Å². The summed E-state index contributed by atoms with van der Waals surface area (Å²) in [7, 11) is 0. The van der Waals surface area contributed by atoms with E-state index < -0.39 is 0 Å². The number of aromatic amines is 1. The average molecular weight is 316 g/mol.